The molecule has 1 fully saturated rings. The van der Waals surface area contributed by atoms with Crippen LogP contribution in [0.25, 0.3) is 10.9 Å². The zero-order chi connectivity index (χ0) is 24.0. The number of benzene rings is 1. The Morgan fingerprint density at radius 3 is 2.89 bits per heavy atom. The minimum atomic E-state index is -3.84. The number of fused-ring (bicyclic) bond motifs is 2. The third-order valence-electron chi connectivity index (χ3n) is 6.31. The van der Waals surface area contributed by atoms with Gasteiger partial charge in [-0.1, -0.05) is 11.6 Å². The van der Waals surface area contributed by atoms with E-state index in [2.05, 4.69) is 20.9 Å². The van der Waals surface area contributed by atoms with Gasteiger partial charge < -0.3 is 14.8 Å². The second-order valence-electron chi connectivity index (χ2n) is 8.62. The monoisotopic (exact) mass is 554 g/mol. The summed E-state index contributed by atoms with van der Waals surface area (Å²) < 4.78 is 28.1. The first-order valence-corrected chi connectivity index (χ1v) is 13.5. The lowest BCUT2D eigenvalue weighted by atomic mass is 10.1. The predicted molar refractivity (Wildman–Crippen MR) is 137 cm³/mol. The number of nitrogens with zero attached hydrogens (tertiary/aromatic N) is 5. The first kappa shape index (κ1) is 25.9. The summed E-state index contributed by atoms with van der Waals surface area (Å²) in [5, 5.41) is 11.1. The van der Waals surface area contributed by atoms with Crippen molar-refractivity contribution in [2.75, 3.05) is 33.2 Å². The summed E-state index contributed by atoms with van der Waals surface area (Å²) >= 11 is 7.43. The van der Waals surface area contributed by atoms with Gasteiger partial charge in [-0.05, 0) is 31.3 Å². The molecule has 1 aromatic carbocycles. The number of thiazole rings is 1. The average Bonchev–Trinajstić information content (AvgIpc) is 3.42. The van der Waals surface area contributed by atoms with Crippen molar-refractivity contribution in [2.24, 2.45) is 0 Å². The van der Waals surface area contributed by atoms with Crippen molar-refractivity contribution in [3.63, 3.8) is 0 Å². The molecule has 1 amide bonds. The number of piperazine rings is 1. The van der Waals surface area contributed by atoms with Crippen molar-refractivity contribution in [3.8, 4) is 6.07 Å². The molecule has 35 heavy (non-hydrogen) atoms. The minimum Gasteiger partial charge on any atom is -0.345 e. The SMILES string of the molecule is CN1CCc2nc(C(=O)N3CCN(S(=O)(=O)c4cc5cc(Cl)ccc5[nH]4)CC3CC#N)sc2C1.Cl. The lowest BCUT2D eigenvalue weighted by molar-refractivity contribution is 0.0570. The summed E-state index contributed by atoms with van der Waals surface area (Å²) in [6, 6.07) is 8.24. The van der Waals surface area contributed by atoms with Gasteiger partial charge in [-0.25, -0.2) is 13.4 Å². The summed E-state index contributed by atoms with van der Waals surface area (Å²) in [6.07, 6.45) is 0.840. The molecule has 0 saturated carbocycles. The van der Waals surface area contributed by atoms with Crippen LogP contribution in [0.3, 0.4) is 0 Å². The number of aromatic nitrogens is 2. The quantitative estimate of drug-likeness (QED) is 0.530. The number of nitrogens with one attached hydrogen (secondary N) is 1. The fraction of sp³-hybridized carbons (Fsp3) is 0.409. The standard InChI is InChI=1S/C22H23ClN6O3S2.ClH/c1-27-7-5-18-19(13-27)33-21(26-18)22(30)29-9-8-28(12-16(29)4-6-24)34(31,32)20-11-14-10-15(23)2-3-17(14)25-20;/h2-3,10-11,16,25H,4-5,7-9,12-13H2,1H3;1H. The van der Waals surface area contributed by atoms with Crippen LogP contribution in [0.4, 0.5) is 0 Å². The molecule has 3 aromatic rings. The lowest BCUT2D eigenvalue weighted by Crippen LogP contribution is -2.56. The van der Waals surface area contributed by atoms with Gasteiger partial charge in [0.25, 0.3) is 15.9 Å². The van der Waals surface area contributed by atoms with E-state index in [4.69, 9.17) is 11.6 Å². The molecule has 1 N–H and O–H groups in total. The normalized spacial score (nSPS) is 19.2. The van der Waals surface area contributed by atoms with Crippen LogP contribution in [0.2, 0.25) is 5.02 Å². The number of hydrogen-bond acceptors (Lipinski definition) is 7. The number of hydrogen-bond donors (Lipinski definition) is 1. The van der Waals surface area contributed by atoms with Gasteiger partial charge in [0.05, 0.1) is 24.2 Å². The molecule has 186 valence electrons. The smallest absolute Gasteiger partial charge is 0.283 e. The van der Waals surface area contributed by atoms with Crippen molar-refractivity contribution < 1.29 is 13.2 Å². The number of H-pyrrole nitrogens is 1. The van der Waals surface area contributed by atoms with Gasteiger partial charge in [-0.3, -0.25) is 4.79 Å². The molecular weight excluding hydrogens is 531 g/mol. The first-order chi connectivity index (χ1) is 16.3. The van der Waals surface area contributed by atoms with Gasteiger partial charge >= 0.3 is 0 Å². The second-order valence-corrected chi connectivity index (χ2v) is 12.0. The van der Waals surface area contributed by atoms with Crippen molar-refractivity contribution >= 4 is 62.2 Å². The lowest BCUT2D eigenvalue weighted by Gasteiger charge is -2.39. The second kappa shape index (κ2) is 10.0. The Bertz CT molecular complexity index is 1410. The van der Waals surface area contributed by atoms with Crippen LogP contribution in [0, 0.1) is 11.3 Å². The maximum atomic E-state index is 13.4. The number of rotatable bonds is 4. The maximum absolute atomic E-state index is 13.4. The van der Waals surface area contributed by atoms with Gasteiger partial charge in [-0.2, -0.15) is 9.57 Å². The number of carbonyl (C=O) groups is 1. The number of halogens is 2. The highest BCUT2D eigenvalue weighted by Crippen LogP contribution is 2.29. The van der Waals surface area contributed by atoms with Crippen LogP contribution in [-0.4, -0.2) is 77.7 Å². The van der Waals surface area contributed by atoms with E-state index in [1.807, 2.05) is 7.05 Å². The number of sulfonamides is 1. The van der Waals surface area contributed by atoms with Crippen molar-refractivity contribution in [2.45, 2.75) is 30.5 Å². The summed E-state index contributed by atoms with van der Waals surface area (Å²) in [5.74, 6) is -0.236. The summed E-state index contributed by atoms with van der Waals surface area (Å²) in [7, 11) is -1.81. The van der Waals surface area contributed by atoms with Crippen LogP contribution in [0.1, 0.15) is 26.8 Å². The third-order valence-corrected chi connectivity index (χ3v) is 9.41. The minimum absolute atomic E-state index is 0. The Morgan fingerprint density at radius 2 is 2.11 bits per heavy atom. The number of nitriles is 1. The Balaban J connectivity index is 0.00000289. The Labute approximate surface area is 218 Å². The predicted octanol–water partition coefficient (Wildman–Crippen LogP) is 3.12. The molecule has 0 aliphatic carbocycles. The first-order valence-electron chi connectivity index (χ1n) is 10.9. The highest BCUT2D eigenvalue weighted by atomic mass is 35.5. The fourth-order valence-corrected chi connectivity index (χ4v) is 7.29. The molecule has 1 atom stereocenters. The highest BCUT2D eigenvalue weighted by Gasteiger charge is 2.38. The van der Waals surface area contributed by atoms with E-state index in [0.29, 0.717) is 20.9 Å². The van der Waals surface area contributed by atoms with E-state index >= 15 is 0 Å². The van der Waals surface area contributed by atoms with E-state index in [0.717, 1.165) is 30.1 Å². The molecule has 0 radical (unpaired) electrons. The van der Waals surface area contributed by atoms with E-state index < -0.39 is 16.1 Å². The van der Waals surface area contributed by atoms with Gasteiger partial charge in [0, 0.05) is 59.9 Å². The van der Waals surface area contributed by atoms with Crippen molar-refractivity contribution in [1.82, 2.24) is 24.1 Å². The van der Waals surface area contributed by atoms with Gasteiger partial charge in [0.2, 0.25) is 0 Å². The van der Waals surface area contributed by atoms with Crippen LogP contribution in [0.5, 0.6) is 0 Å². The number of carbonyl (C=O) groups excluding carboxylic acids is 1. The van der Waals surface area contributed by atoms with Crippen LogP contribution < -0.4 is 0 Å². The fourth-order valence-electron chi connectivity index (χ4n) is 4.48. The van der Waals surface area contributed by atoms with Gasteiger partial charge in [0.1, 0.15) is 5.03 Å². The topological polar surface area (TPSA) is 113 Å². The molecule has 2 aliphatic rings. The Hall–Kier alpha value is -2.20. The number of aromatic amines is 1. The molecular formula is C22H24Cl2N6O3S2. The molecule has 5 rings (SSSR count). The van der Waals surface area contributed by atoms with Gasteiger partial charge in [-0.15, -0.1) is 23.7 Å². The van der Waals surface area contributed by atoms with Gasteiger partial charge in [0.15, 0.2) is 5.01 Å². The molecule has 1 saturated heterocycles. The van der Waals surface area contributed by atoms with Crippen LogP contribution in [0.15, 0.2) is 29.3 Å². The zero-order valence-corrected chi connectivity index (χ0v) is 22.1. The molecule has 0 spiro atoms. The van der Waals surface area contributed by atoms with E-state index in [1.54, 1.807) is 29.2 Å². The molecule has 13 heteroatoms. The van der Waals surface area contributed by atoms with E-state index in [-0.39, 0.29) is 49.4 Å². The number of likely N-dealkylation sites (N-methyl/N-ethyl adjacent to an activating group) is 1. The van der Waals surface area contributed by atoms with E-state index in [1.165, 1.54) is 15.6 Å². The summed E-state index contributed by atoms with van der Waals surface area (Å²) in [5.41, 5.74) is 1.63. The summed E-state index contributed by atoms with van der Waals surface area (Å²) in [4.78, 5) is 25.7. The van der Waals surface area contributed by atoms with Crippen LogP contribution >= 0.6 is 35.3 Å². The zero-order valence-electron chi connectivity index (χ0n) is 18.9. The highest BCUT2D eigenvalue weighted by molar-refractivity contribution is 7.89. The molecule has 9 nitrogen and oxygen atoms in total. The van der Waals surface area contributed by atoms with Crippen molar-refractivity contribution in [3.05, 3.63) is 44.9 Å². The maximum Gasteiger partial charge on any atom is 0.283 e. The third kappa shape index (κ3) is 4.91. The summed E-state index contributed by atoms with van der Waals surface area (Å²) in [6.45, 7) is 2.05. The van der Waals surface area contributed by atoms with Crippen molar-refractivity contribution in [1.29, 1.82) is 5.26 Å². The largest absolute Gasteiger partial charge is 0.345 e. The molecule has 2 aliphatic heterocycles. The Morgan fingerprint density at radius 1 is 1.31 bits per heavy atom. The molecule has 1 unspecified atom stereocenters. The Kier molecular flexibility index (Phi) is 7.43. The molecule has 2 aromatic heterocycles. The molecule has 4 heterocycles. The van der Waals surface area contributed by atoms with Crippen LogP contribution in [-0.2, 0) is 23.0 Å². The average molecular weight is 556 g/mol. The van der Waals surface area contributed by atoms with E-state index in [9.17, 15) is 18.5 Å². The number of amides is 1. The molecule has 0 bridgehead atoms.